The lowest BCUT2D eigenvalue weighted by Gasteiger charge is -2.14. The van der Waals surface area contributed by atoms with Gasteiger partial charge in [0.1, 0.15) is 0 Å². The smallest absolute Gasteiger partial charge is 0.231 e. The van der Waals surface area contributed by atoms with E-state index in [0.717, 1.165) is 36.3 Å². The summed E-state index contributed by atoms with van der Waals surface area (Å²) in [5.41, 5.74) is 7.20. The molecule has 1 aliphatic carbocycles. The van der Waals surface area contributed by atoms with Gasteiger partial charge in [-0.05, 0) is 25.3 Å². The number of hydrogen-bond donors (Lipinski definition) is 1. The topological polar surface area (TPSA) is 53.7 Å². The number of methoxy groups -OCH3 is 1. The third kappa shape index (κ3) is 1.50. The molecule has 0 unspecified atom stereocenters. The van der Waals surface area contributed by atoms with Crippen LogP contribution in [0.2, 0.25) is 0 Å². The van der Waals surface area contributed by atoms with Crippen molar-refractivity contribution in [2.75, 3.05) is 13.9 Å². The summed E-state index contributed by atoms with van der Waals surface area (Å²) in [7, 11) is 1.65. The van der Waals surface area contributed by atoms with Crippen molar-refractivity contribution in [3.8, 4) is 17.2 Å². The lowest BCUT2D eigenvalue weighted by atomic mass is 10.0. The molecular weight excluding hydrogens is 206 g/mol. The van der Waals surface area contributed by atoms with Crippen LogP contribution in [0.3, 0.4) is 0 Å². The second kappa shape index (κ2) is 3.28. The van der Waals surface area contributed by atoms with Crippen LogP contribution in [0.25, 0.3) is 0 Å². The molecule has 0 aromatic heterocycles. The summed E-state index contributed by atoms with van der Waals surface area (Å²) in [6.07, 6.45) is 3.02. The molecule has 0 spiro atoms. The van der Waals surface area contributed by atoms with Gasteiger partial charge >= 0.3 is 0 Å². The van der Waals surface area contributed by atoms with E-state index in [1.54, 1.807) is 7.11 Å². The van der Waals surface area contributed by atoms with Crippen molar-refractivity contribution in [3.63, 3.8) is 0 Å². The minimum absolute atomic E-state index is 0.0268. The van der Waals surface area contributed by atoms with Gasteiger partial charge in [-0.3, -0.25) is 0 Å². The van der Waals surface area contributed by atoms with Gasteiger partial charge in [0.05, 0.1) is 7.11 Å². The van der Waals surface area contributed by atoms with E-state index in [1.165, 1.54) is 0 Å². The Hall–Kier alpha value is -1.42. The van der Waals surface area contributed by atoms with Gasteiger partial charge in [-0.25, -0.2) is 0 Å². The first-order chi connectivity index (χ1) is 7.72. The molecule has 1 fully saturated rings. The Bertz CT molecular complexity index is 427. The molecule has 2 N–H and O–H groups in total. The monoisotopic (exact) mass is 221 g/mol. The maximum atomic E-state index is 6.12. The zero-order valence-electron chi connectivity index (χ0n) is 9.29. The minimum Gasteiger partial charge on any atom is -0.492 e. The summed E-state index contributed by atoms with van der Waals surface area (Å²) in [6.45, 7) is 0.267. The molecule has 4 nitrogen and oxygen atoms in total. The molecule has 4 heteroatoms. The predicted octanol–water partition coefficient (Wildman–Crippen LogP) is 1.46. The van der Waals surface area contributed by atoms with Gasteiger partial charge in [0.2, 0.25) is 12.5 Å². The number of fused-ring (bicyclic) bond motifs is 1. The first-order valence-corrected chi connectivity index (χ1v) is 5.46. The fourth-order valence-corrected chi connectivity index (χ4v) is 2.07. The molecule has 1 aromatic rings. The van der Waals surface area contributed by atoms with E-state index in [0.29, 0.717) is 5.75 Å². The van der Waals surface area contributed by atoms with Gasteiger partial charge in [0.25, 0.3) is 0 Å². The summed E-state index contributed by atoms with van der Waals surface area (Å²) in [5, 5.41) is 0. The van der Waals surface area contributed by atoms with Crippen molar-refractivity contribution in [2.24, 2.45) is 5.73 Å². The second-order valence-electron chi connectivity index (χ2n) is 4.53. The zero-order chi connectivity index (χ0) is 11.2. The number of hydrogen-bond acceptors (Lipinski definition) is 4. The highest BCUT2D eigenvalue weighted by atomic mass is 16.7. The summed E-state index contributed by atoms with van der Waals surface area (Å²) >= 11 is 0. The number of benzene rings is 1. The Kier molecular flexibility index (Phi) is 2.01. The average molecular weight is 221 g/mol. The first-order valence-electron chi connectivity index (χ1n) is 5.46. The van der Waals surface area contributed by atoms with Crippen LogP contribution in [0.1, 0.15) is 18.4 Å². The minimum atomic E-state index is -0.0268. The molecule has 16 heavy (non-hydrogen) atoms. The van der Waals surface area contributed by atoms with E-state index in [4.69, 9.17) is 19.9 Å². The number of ether oxygens (including phenoxy) is 3. The maximum absolute atomic E-state index is 6.12. The van der Waals surface area contributed by atoms with Crippen molar-refractivity contribution in [2.45, 2.75) is 24.8 Å². The zero-order valence-corrected chi connectivity index (χ0v) is 9.29. The van der Waals surface area contributed by atoms with E-state index >= 15 is 0 Å². The van der Waals surface area contributed by atoms with Crippen molar-refractivity contribution < 1.29 is 14.2 Å². The highest BCUT2D eigenvalue weighted by molar-refractivity contribution is 5.57. The lowest BCUT2D eigenvalue weighted by Crippen LogP contribution is -2.24. The highest BCUT2D eigenvalue weighted by Crippen LogP contribution is 2.46. The van der Waals surface area contributed by atoms with Crippen LogP contribution in [0.5, 0.6) is 17.2 Å². The Labute approximate surface area is 94.3 Å². The van der Waals surface area contributed by atoms with E-state index in [9.17, 15) is 0 Å². The van der Waals surface area contributed by atoms with Crippen LogP contribution in [0.4, 0.5) is 0 Å². The largest absolute Gasteiger partial charge is 0.492 e. The van der Waals surface area contributed by atoms with E-state index in [1.807, 2.05) is 12.1 Å². The molecule has 0 saturated heterocycles. The summed E-state index contributed by atoms with van der Waals surface area (Å²) in [6, 6.07) is 3.94. The highest BCUT2D eigenvalue weighted by Gasteiger charge is 2.39. The van der Waals surface area contributed by atoms with Crippen LogP contribution in [0, 0.1) is 0 Å². The van der Waals surface area contributed by atoms with Crippen molar-refractivity contribution in [3.05, 3.63) is 17.7 Å². The van der Waals surface area contributed by atoms with Gasteiger partial charge in [-0.2, -0.15) is 0 Å². The van der Waals surface area contributed by atoms with Crippen LogP contribution in [-0.4, -0.2) is 19.4 Å². The Morgan fingerprint density at radius 1 is 1.38 bits per heavy atom. The quantitative estimate of drug-likeness (QED) is 0.839. The Balaban J connectivity index is 1.98. The lowest BCUT2D eigenvalue weighted by molar-refractivity contribution is 0.171. The van der Waals surface area contributed by atoms with Crippen molar-refractivity contribution >= 4 is 0 Å². The number of nitrogens with two attached hydrogens (primary N) is 1. The molecule has 1 heterocycles. The molecule has 2 aliphatic rings. The summed E-state index contributed by atoms with van der Waals surface area (Å²) in [5.74, 6) is 2.23. The van der Waals surface area contributed by atoms with Gasteiger partial charge in [-0.1, -0.05) is 6.07 Å². The Morgan fingerprint density at radius 3 is 2.88 bits per heavy atom. The molecular formula is C12H15NO3. The fourth-order valence-electron chi connectivity index (χ4n) is 2.07. The first kappa shape index (κ1) is 9.78. The van der Waals surface area contributed by atoms with Crippen LogP contribution >= 0.6 is 0 Å². The molecule has 1 aromatic carbocycles. The molecule has 0 bridgehead atoms. The van der Waals surface area contributed by atoms with Crippen LogP contribution in [-0.2, 0) is 6.42 Å². The van der Waals surface area contributed by atoms with E-state index in [2.05, 4.69) is 0 Å². The van der Waals surface area contributed by atoms with Crippen molar-refractivity contribution in [1.82, 2.24) is 0 Å². The molecule has 0 atom stereocenters. The molecule has 0 amide bonds. The molecule has 86 valence electrons. The van der Waals surface area contributed by atoms with Crippen LogP contribution < -0.4 is 19.9 Å². The van der Waals surface area contributed by atoms with Crippen LogP contribution in [0.15, 0.2) is 12.1 Å². The average Bonchev–Trinajstić information content (AvgIpc) is 2.80. The normalized spacial score (nSPS) is 19.6. The molecule has 0 radical (unpaired) electrons. The van der Waals surface area contributed by atoms with Gasteiger partial charge < -0.3 is 19.9 Å². The van der Waals surface area contributed by atoms with Gasteiger partial charge in [0, 0.05) is 11.1 Å². The van der Waals surface area contributed by atoms with Gasteiger partial charge in [0.15, 0.2) is 11.5 Å². The van der Waals surface area contributed by atoms with E-state index in [-0.39, 0.29) is 12.3 Å². The predicted molar refractivity (Wildman–Crippen MR) is 59.0 cm³/mol. The second-order valence-corrected chi connectivity index (χ2v) is 4.53. The molecule has 3 rings (SSSR count). The van der Waals surface area contributed by atoms with E-state index < -0.39 is 0 Å². The summed E-state index contributed by atoms with van der Waals surface area (Å²) in [4.78, 5) is 0. The van der Waals surface area contributed by atoms with Crippen molar-refractivity contribution in [1.29, 1.82) is 0 Å². The number of rotatable bonds is 3. The Morgan fingerprint density at radius 2 is 2.19 bits per heavy atom. The fraction of sp³-hybridized carbons (Fsp3) is 0.500. The standard InChI is InChI=1S/C12H15NO3/c1-14-10-8(6-12(13)4-5-12)2-3-9-11(10)16-7-15-9/h2-3H,4-7,13H2,1H3. The third-order valence-electron chi connectivity index (χ3n) is 3.21. The molecule has 1 aliphatic heterocycles. The molecule has 1 saturated carbocycles. The maximum Gasteiger partial charge on any atom is 0.231 e. The SMILES string of the molecule is COc1c(CC2(N)CC2)ccc2c1OCO2. The summed E-state index contributed by atoms with van der Waals surface area (Å²) < 4.78 is 16.1. The third-order valence-corrected chi connectivity index (χ3v) is 3.21. The van der Waals surface area contributed by atoms with Gasteiger partial charge in [-0.15, -0.1) is 0 Å².